The molecule has 2 rings (SSSR count). The fourth-order valence-corrected chi connectivity index (χ4v) is 3.15. The standard InChI is InChI=1S/C15H20N4O3S/c1-4-11(14-16-9(2)10(3)23-14)17-12(20)5-7-19-8-6-13(21)18-15(19)22/h6,8,11H,4-5,7H2,1-3H3,(H,17,20)(H,18,21,22)/t11-/m1/s1. The van der Waals surface area contributed by atoms with Crippen molar-refractivity contribution in [1.29, 1.82) is 0 Å². The SMILES string of the molecule is CC[C@@H](NC(=O)CCn1ccc(=O)[nH]c1=O)c1nc(C)c(C)s1. The van der Waals surface area contributed by atoms with Gasteiger partial charge in [0.1, 0.15) is 5.01 Å². The van der Waals surface area contributed by atoms with Gasteiger partial charge in [0.05, 0.1) is 11.7 Å². The maximum atomic E-state index is 12.1. The van der Waals surface area contributed by atoms with Gasteiger partial charge in [-0.25, -0.2) is 9.78 Å². The zero-order valence-corrected chi connectivity index (χ0v) is 14.2. The molecule has 2 aromatic rings. The Kier molecular flexibility index (Phi) is 5.49. The number of nitrogens with zero attached hydrogens (tertiary/aromatic N) is 2. The second-order valence-electron chi connectivity index (χ2n) is 5.28. The van der Waals surface area contributed by atoms with Gasteiger partial charge in [0.2, 0.25) is 5.91 Å². The van der Waals surface area contributed by atoms with Gasteiger partial charge in [0.25, 0.3) is 5.56 Å². The van der Waals surface area contributed by atoms with E-state index < -0.39 is 11.2 Å². The van der Waals surface area contributed by atoms with Crippen LogP contribution >= 0.6 is 11.3 Å². The van der Waals surface area contributed by atoms with Crippen LogP contribution < -0.4 is 16.6 Å². The number of H-pyrrole nitrogens is 1. The Bertz CT molecular complexity index is 786. The molecule has 0 aliphatic rings. The molecule has 2 heterocycles. The summed E-state index contributed by atoms with van der Waals surface area (Å²) < 4.78 is 1.31. The number of aromatic nitrogens is 3. The highest BCUT2D eigenvalue weighted by molar-refractivity contribution is 7.11. The maximum absolute atomic E-state index is 12.1. The second kappa shape index (κ2) is 7.36. The number of amides is 1. The topological polar surface area (TPSA) is 96.9 Å². The fourth-order valence-electron chi connectivity index (χ4n) is 2.09. The van der Waals surface area contributed by atoms with Crippen molar-refractivity contribution >= 4 is 17.2 Å². The van der Waals surface area contributed by atoms with E-state index in [1.807, 2.05) is 20.8 Å². The molecule has 0 radical (unpaired) electrons. The van der Waals surface area contributed by atoms with E-state index in [9.17, 15) is 14.4 Å². The monoisotopic (exact) mass is 336 g/mol. The van der Waals surface area contributed by atoms with Gasteiger partial charge in [0.15, 0.2) is 0 Å². The molecule has 23 heavy (non-hydrogen) atoms. The van der Waals surface area contributed by atoms with Crippen LogP contribution in [0.15, 0.2) is 21.9 Å². The van der Waals surface area contributed by atoms with Crippen LogP contribution in [-0.4, -0.2) is 20.4 Å². The number of carbonyl (C=O) groups excluding carboxylic acids is 1. The highest BCUT2D eigenvalue weighted by Gasteiger charge is 2.17. The molecular formula is C15H20N4O3S. The van der Waals surface area contributed by atoms with Crippen molar-refractivity contribution < 1.29 is 4.79 Å². The van der Waals surface area contributed by atoms with Gasteiger partial charge < -0.3 is 9.88 Å². The van der Waals surface area contributed by atoms with Crippen molar-refractivity contribution in [3.63, 3.8) is 0 Å². The van der Waals surface area contributed by atoms with Crippen molar-refractivity contribution in [2.75, 3.05) is 0 Å². The normalized spacial score (nSPS) is 12.1. The van der Waals surface area contributed by atoms with Crippen molar-refractivity contribution in [1.82, 2.24) is 19.9 Å². The number of thiazole rings is 1. The Morgan fingerprint density at radius 2 is 2.17 bits per heavy atom. The molecule has 124 valence electrons. The molecule has 0 bridgehead atoms. The lowest BCUT2D eigenvalue weighted by atomic mass is 10.2. The van der Waals surface area contributed by atoms with Gasteiger partial charge in [0, 0.05) is 30.1 Å². The lowest BCUT2D eigenvalue weighted by molar-refractivity contribution is -0.122. The molecule has 0 saturated carbocycles. The lowest BCUT2D eigenvalue weighted by Gasteiger charge is -2.14. The summed E-state index contributed by atoms with van der Waals surface area (Å²) >= 11 is 1.59. The van der Waals surface area contributed by atoms with Crippen LogP contribution in [0.25, 0.3) is 0 Å². The average Bonchev–Trinajstić information content (AvgIpc) is 2.83. The van der Waals surface area contributed by atoms with Crippen molar-refractivity contribution in [2.45, 2.75) is 46.2 Å². The van der Waals surface area contributed by atoms with Crippen LogP contribution in [0.1, 0.15) is 41.4 Å². The molecule has 0 aliphatic carbocycles. The maximum Gasteiger partial charge on any atom is 0.328 e. The summed E-state index contributed by atoms with van der Waals surface area (Å²) in [6.07, 6.45) is 2.29. The van der Waals surface area contributed by atoms with Crippen molar-refractivity contribution in [2.24, 2.45) is 0 Å². The Hall–Kier alpha value is -2.22. The van der Waals surface area contributed by atoms with Crippen molar-refractivity contribution in [3.05, 3.63) is 48.7 Å². The van der Waals surface area contributed by atoms with E-state index in [4.69, 9.17) is 0 Å². The minimum atomic E-state index is -0.511. The van der Waals surface area contributed by atoms with E-state index in [-0.39, 0.29) is 24.9 Å². The summed E-state index contributed by atoms with van der Waals surface area (Å²) in [6.45, 7) is 6.16. The first-order chi connectivity index (χ1) is 10.9. The molecule has 2 aromatic heterocycles. The zero-order chi connectivity index (χ0) is 17.0. The third-order valence-corrected chi connectivity index (χ3v) is 4.75. The van der Waals surface area contributed by atoms with Crippen LogP contribution in [0.4, 0.5) is 0 Å². The zero-order valence-electron chi connectivity index (χ0n) is 13.4. The average molecular weight is 336 g/mol. The van der Waals surface area contributed by atoms with Gasteiger partial charge in [-0.3, -0.25) is 14.6 Å². The van der Waals surface area contributed by atoms with Gasteiger partial charge in [-0.2, -0.15) is 0 Å². The highest BCUT2D eigenvalue weighted by atomic mass is 32.1. The van der Waals surface area contributed by atoms with E-state index in [0.29, 0.717) is 0 Å². The molecule has 0 aromatic carbocycles. The summed E-state index contributed by atoms with van der Waals surface area (Å²) in [5.74, 6) is -0.152. The summed E-state index contributed by atoms with van der Waals surface area (Å²) in [5.41, 5.74) is 0.0252. The van der Waals surface area contributed by atoms with Gasteiger partial charge in [-0.15, -0.1) is 11.3 Å². The van der Waals surface area contributed by atoms with Gasteiger partial charge in [-0.05, 0) is 20.3 Å². The minimum absolute atomic E-state index is 0.118. The lowest BCUT2D eigenvalue weighted by Crippen LogP contribution is -2.32. The smallest absolute Gasteiger partial charge is 0.328 e. The van der Waals surface area contributed by atoms with Crippen LogP contribution in [0.3, 0.4) is 0 Å². The first-order valence-corrected chi connectivity index (χ1v) is 8.25. The number of hydrogen-bond acceptors (Lipinski definition) is 5. The summed E-state index contributed by atoms with van der Waals surface area (Å²) in [7, 11) is 0. The molecule has 7 nitrogen and oxygen atoms in total. The summed E-state index contributed by atoms with van der Waals surface area (Å²) in [5, 5.41) is 3.85. The van der Waals surface area contributed by atoms with Crippen LogP contribution in [0.5, 0.6) is 0 Å². The molecule has 0 aliphatic heterocycles. The number of carbonyl (C=O) groups is 1. The van der Waals surface area contributed by atoms with Crippen LogP contribution in [0, 0.1) is 13.8 Å². The number of aryl methyl sites for hydroxylation is 3. The Morgan fingerprint density at radius 1 is 1.43 bits per heavy atom. The highest BCUT2D eigenvalue weighted by Crippen LogP contribution is 2.24. The molecule has 0 saturated heterocycles. The van der Waals surface area contributed by atoms with Gasteiger partial charge >= 0.3 is 5.69 Å². The second-order valence-corrected chi connectivity index (χ2v) is 6.51. The molecule has 1 atom stereocenters. The first-order valence-electron chi connectivity index (χ1n) is 7.43. The minimum Gasteiger partial charge on any atom is -0.347 e. The van der Waals surface area contributed by atoms with Crippen LogP contribution in [-0.2, 0) is 11.3 Å². The van der Waals surface area contributed by atoms with Gasteiger partial charge in [-0.1, -0.05) is 6.92 Å². The largest absolute Gasteiger partial charge is 0.347 e. The predicted molar refractivity (Wildman–Crippen MR) is 88.7 cm³/mol. The molecule has 0 spiro atoms. The van der Waals surface area contributed by atoms with E-state index >= 15 is 0 Å². The van der Waals surface area contributed by atoms with E-state index in [2.05, 4.69) is 15.3 Å². The number of hydrogen-bond donors (Lipinski definition) is 2. The molecule has 0 fully saturated rings. The quantitative estimate of drug-likeness (QED) is 0.830. The molecule has 2 N–H and O–H groups in total. The number of nitrogens with one attached hydrogen (secondary N) is 2. The van der Waals surface area contributed by atoms with E-state index in [0.717, 1.165) is 22.0 Å². The Balaban J connectivity index is 1.97. The third kappa shape index (κ3) is 4.38. The number of rotatable bonds is 6. The Morgan fingerprint density at radius 3 is 2.74 bits per heavy atom. The molecule has 1 amide bonds. The third-order valence-electron chi connectivity index (χ3n) is 3.56. The van der Waals surface area contributed by atoms with Crippen molar-refractivity contribution in [3.8, 4) is 0 Å². The van der Waals surface area contributed by atoms with E-state index in [1.165, 1.54) is 16.8 Å². The molecule has 8 heteroatoms. The molecular weight excluding hydrogens is 316 g/mol. The number of aromatic amines is 1. The predicted octanol–water partition coefficient (Wildman–Crippen LogP) is 1.27. The summed E-state index contributed by atoms with van der Waals surface area (Å²) in [4.78, 5) is 42.5. The molecule has 0 unspecified atom stereocenters. The first kappa shape index (κ1) is 17.1. The van der Waals surface area contributed by atoms with Crippen LogP contribution in [0.2, 0.25) is 0 Å². The summed E-state index contributed by atoms with van der Waals surface area (Å²) in [6, 6.07) is 1.14. The van der Waals surface area contributed by atoms with E-state index in [1.54, 1.807) is 11.3 Å². The fraction of sp³-hybridized carbons (Fsp3) is 0.467. The Labute approximate surface area is 137 Å².